The van der Waals surface area contributed by atoms with E-state index >= 15 is 0 Å². The summed E-state index contributed by atoms with van der Waals surface area (Å²) < 4.78 is 1.09. The van der Waals surface area contributed by atoms with Crippen molar-refractivity contribution >= 4 is 49.1 Å². The molecule has 4 aromatic rings. The van der Waals surface area contributed by atoms with E-state index in [1.165, 1.54) is 27.3 Å². The van der Waals surface area contributed by atoms with E-state index in [2.05, 4.69) is 76.6 Å². The van der Waals surface area contributed by atoms with Gasteiger partial charge in [0.1, 0.15) is 0 Å². The fraction of sp³-hybridized carbons (Fsp3) is 0. The van der Waals surface area contributed by atoms with Crippen LogP contribution in [0.1, 0.15) is 0 Å². The molecule has 0 aromatic heterocycles. The normalized spacial score (nSPS) is 11.2. The summed E-state index contributed by atoms with van der Waals surface area (Å²) in [6, 6.07) is 25.3. The van der Waals surface area contributed by atoms with Crippen LogP contribution in [0.25, 0.3) is 32.7 Å². The maximum Gasteiger partial charge on any atom is 0.0412 e. The minimum absolute atomic E-state index is 0.757. The van der Waals surface area contributed by atoms with Crippen LogP contribution in [-0.2, 0) is 0 Å². The van der Waals surface area contributed by atoms with Crippen molar-refractivity contribution in [3.63, 3.8) is 0 Å². The van der Waals surface area contributed by atoms with Crippen LogP contribution in [0.5, 0.6) is 0 Å². The Morgan fingerprint density at radius 3 is 2.36 bits per heavy atom. The second-order valence-electron chi connectivity index (χ2n) is 5.35. The first-order chi connectivity index (χ1) is 10.7. The minimum Gasteiger partial charge on any atom is -0.0843 e. The van der Waals surface area contributed by atoms with E-state index in [0.29, 0.717) is 0 Å². The summed E-state index contributed by atoms with van der Waals surface area (Å²) in [6.07, 6.45) is 0. The van der Waals surface area contributed by atoms with Crippen LogP contribution in [0, 0.1) is 0 Å². The highest BCUT2D eigenvalue weighted by Crippen LogP contribution is 2.35. The van der Waals surface area contributed by atoms with E-state index in [-0.39, 0.29) is 0 Å². The molecule has 0 nitrogen and oxygen atoms in total. The van der Waals surface area contributed by atoms with Gasteiger partial charge in [0.2, 0.25) is 0 Å². The lowest BCUT2D eigenvalue weighted by atomic mass is 9.96. The van der Waals surface area contributed by atoms with Gasteiger partial charge in [0.25, 0.3) is 0 Å². The zero-order valence-electron chi connectivity index (χ0n) is 11.7. The molecule has 4 aromatic carbocycles. The fourth-order valence-corrected chi connectivity index (χ4v) is 3.54. The molecule has 4 rings (SSSR count). The SMILES string of the molecule is Clc1ccc2c(Br)ccc(-c3ccc4ccccc4c3)c2c1. The van der Waals surface area contributed by atoms with Crippen molar-refractivity contribution in [2.24, 2.45) is 0 Å². The largest absolute Gasteiger partial charge is 0.0843 e. The molecular weight excluding hydrogens is 356 g/mol. The van der Waals surface area contributed by atoms with Gasteiger partial charge in [-0.05, 0) is 56.9 Å². The predicted molar refractivity (Wildman–Crippen MR) is 99.6 cm³/mol. The molecule has 0 bridgehead atoms. The van der Waals surface area contributed by atoms with Gasteiger partial charge in [0.15, 0.2) is 0 Å². The van der Waals surface area contributed by atoms with Crippen LogP contribution in [0.15, 0.2) is 77.3 Å². The first-order valence-corrected chi connectivity index (χ1v) is 8.26. The second-order valence-corrected chi connectivity index (χ2v) is 6.64. The van der Waals surface area contributed by atoms with Crippen molar-refractivity contribution in [2.75, 3.05) is 0 Å². The van der Waals surface area contributed by atoms with Crippen molar-refractivity contribution in [1.29, 1.82) is 0 Å². The molecule has 22 heavy (non-hydrogen) atoms. The number of hydrogen-bond acceptors (Lipinski definition) is 0. The summed E-state index contributed by atoms with van der Waals surface area (Å²) in [5, 5.41) is 5.60. The van der Waals surface area contributed by atoms with Crippen molar-refractivity contribution in [3.8, 4) is 11.1 Å². The van der Waals surface area contributed by atoms with E-state index in [1.54, 1.807) is 0 Å². The molecule has 0 radical (unpaired) electrons. The topological polar surface area (TPSA) is 0 Å². The van der Waals surface area contributed by atoms with Gasteiger partial charge < -0.3 is 0 Å². The first-order valence-electron chi connectivity index (χ1n) is 7.09. The molecule has 0 saturated heterocycles. The summed E-state index contributed by atoms with van der Waals surface area (Å²) in [4.78, 5) is 0. The zero-order valence-corrected chi connectivity index (χ0v) is 14.0. The highest BCUT2D eigenvalue weighted by Gasteiger charge is 2.08. The average molecular weight is 368 g/mol. The first kappa shape index (κ1) is 13.8. The van der Waals surface area contributed by atoms with Crippen molar-refractivity contribution in [2.45, 2.75) is 0 Å². The molecule has 0 amide bonds. The summed E-state index contributed by atoms with van der Waals surface area (Å²) in [5.74, 6) is 0. The Kier molecular flexibility index (Phi) is 3.40. The van der Waals surface area contributed by atoms with Crippen molar-refractivity contribution in [3.05, 3.63) is 82.3 Å². The Hall–Kier alpha value is -1.83. The molecule has 106 valence electrons. The average Bonchev–Trinajstić information content (AvgIpc) is 2.54. The minimum atomic E-state index is 0.757. The molecule has 0 aliphatic carbocycles. The van der Waals surface area contributed by atoms with Gasteiger partial charge in [0, 0.05) is 9.50 Å². The van der Waals surface area contributed by atoms with Crippen LogP contribution in [0.4, 0.5) is 0 Å². The Balaban J connectivity index is 2.03. The second kappa shape index (κ2) is 5.42. The molecule has 0 aliphatic rings. The fourth-order valence-electron chi connectivity index (χ4n) is 2.89. The molecule has 0 N–H and O–H groups in total. The standard InChI is InChI=1S/C20H12BrCl/c21-20-10-9-17(19-12-16(22)7-8-18(19)20)15-6-5-13-3-1-2-4-14(13)11-15/h1-12H. The summed E-state index contributed by atoms with van der Waals surface area (Å²) in [6.45, 7) is 0. The van der Waals surface area contributed by atoms with Gasteiger partial charge in [-0.15, -0.1) is 0 Å². The maximum atomic E-state index is 6.21. The van der Waals surface area contributed by atoms with Crippen molar-refractivity contribution < 1.29 is 0 Å². The molecule has 0 unspecified atom stereocenters. The quantitative estimate of drug-likeness (QED) is 0.337. The lowest BCUT2D eigenvalue weighted by molar-refractivity contribution is 1.66. The van der Waals surface area contributed by atoms with Crippen LogP contribution in [-0.4, -0.2) is 0 Å². The van der Waals surface area contributed by atoms with E-state index in [0.717, 1.165) is 14.9 Å². The monoisotopic (exact) mass is 366 g/mol. The summed E-state index contributed by atoms with van der Waals surface area (Å²) in [5.41, 5.74) is 2.41. The van der Waals surface area contributed by atoms with Crippen LogP contribution < -0.4 is 0 Å². The third kappa shape index (κ3) is 2.31. The lowest BCUT2D eigenvalue weighted by Gasteiger charge is -2.10. The van der Waals surface area contributed by atoms with E-state index < -0.39 is 0 Å². The van der Waals surface area contributed by atoms with Gasteiger partial charge in [-0.25, -0.2) is 0 Å². The lowest BCUT2D eigenvalue weighted by Crippen LogP contribution is -1.84. The van der Waals surface area contributed by atoms with Gasteiger partial charge in [0.05, 0.1) is 0 Å². The molecule has 0 fully saturated rings. The molecular formula is C20H12BrCl. The number of fused-ring (bicyclic) bond motifs is 2. The van der Waals surface area contributed by atoms with Crippen LogP contribution in [0.3, 0.4) is 0 Å². The molecule has 0 spiro atoms. The number of benzene rings is 4. The highest BCUT2D eigenvalue weighted by atomic mass is 79.9. The van der Waals surface area contributed by atoms with Gasteiger partial charge in [-0.1, -0.05) is 76.1 Å². The van der Waals surface area contributed by atoms with Crippen LogP contribution in [0.2, 0.25) is 5.02 Å². The molecule has 0 aliphatic heterocycles. The van der Waals surface area contributed by atoms with Gasteiger partial charge >= 0.3 is 0 Å². The molecule has 0 heterocycles. The van der Waals surface area contributed by atoms with E-state index in [1.807, 2.05) is 12.1 Å². The Labute approximate surface area is 142 Å². The predicted octanol–water partition coefficient (Wildman–Crippen LogP) is 7.08. The Morgan fingerprint density at radius 1 is 0.682 bits per heavy atom. The molecule has 2 heteroatoms. The van der Waals surface area contributed by atoms with E-state index in [4.69, 9.17) is 11.6 Å². The maximum absolute atomic E-state index is 6.21. The molecule has 0 atom stereocenters. The third-order valence-electron chi connectivity index (χ3n) is 3.99. The van der Waals surface area contributed by atoms with Gasteiger partial charge in [-0.2, -0.15) is 0 Å². The number of hydrogen-bond donors (Lipinski definition) is 0. The highest BCUT2D eigenvalue weighted by molar-refractivity contribution is 9.10. The number of halogens is 2. The zero-order chi connectivity index (χ0) is 15.1. The smallest absolute Gasteiger partial charge is 0.0412 e. The van der Waals surface area contributed by atoms with Crippen molar-refractivity contribution in [1.82, 2.24) is 0 Å². The third-order valence-corrected chi connectivity index (χ3v) is 4.91. The number of rotatable bonds is 1. The Morgan fingerprint density at radius 2 is 1.50 bits per heavy atom. The van der Waals surface area contributed by atoms with E-state index in [9.17, 15) is 0 Å². The van der Waals surface area contributed by atoms with Crippen LogP contribution >= 0.6 is 27.5 Å². The Bertz CT molecular complexity index is 1000. The summed E-state index contributed by atoms with van der Waals surface area (Å²) >= 11 is 9.84. The molecule has 0 saturated carbocycles. The van der Waals surface area contributed by atoms with Gasteiger partial charge in [-0.3, -0.25) is 0 Å². The summed E-state index contributed by atoms with van der Waals surface area (Å²) in [7, 11) is 0.